The minimum absolute atomic E-state index is 0.496. The molecule has 2 heterocycles. The monoisotopic (exact) mass is 263 g/mol. The van der Waals surface area contributed by atoms with Crippen LogP contribution in [0.2, 0.25) is 4.47 Å². The van der Waals surface area contributed by atoms with Gasteiger partial charge in [0.1, 0.15) is 5.01 Å². The minimum Gasteiger partial charge on any atom is -0.235 e. The summed E-state index contributed by atoms with van der Waals surface area (Å²) in [6.07, 6.45) is 0. The van der Waals surface area contributed by atoms with Gasteiger partial charge in [-0.2, -0.15) is 0 Å². The van der Waals surface area contributed by atoms with Gasteiger partial charge in [0.15, 0.2) is 4.34 Å². The Balaban J connectivity index is 1.94. The van der Waals surface area contributed by atoms with Crippen LogP contribution in [0.15, 0.2) is 9.72 Å². The lowest BCUT2D eigenvalue weighted by Gasteiger charge is -1.90. The van der Waals surface area contributed by atoms with E-state index in [-0.39, 0.29) is 0 Å². The Hall–Kier alpha value is -0.170. The highest BCUT2D eigenvalue weighted by atomic mass is 35.5. The fraction of sp³-hybridized carbons (Fsp3) is 0.286. The summed E-state index contributed by atoms with van der Waals surface area (Å²) < 4.78 is 1.56. The fourth-order valence-corrected chi connectivity index (χ4v) is 3.52. The van der Waals surface area contributed by atoms with Gasteiger partial charge in [-0.3, -0.25) is 0 Å². The van der Waals surface area contributed by atoms with E-state index in [1.165, 1.54) is 11.3 Å². The third kappa shape index (κ3) is 2.66. The fourth-order valence-electron chi connectivity index (χ4n) is 0.814. The Morgan fingerprint density at radius 2 is 2.36 bits per heavy atom. The molecule has 0 unspecified atom stereocenters. The lowest BCUT2D eigenvalue weighted by molar-refractivity contribution is 1.04. The second-order valence-electron chi connectivity index (χ2n) is 2.49. The predicted molar refractivity (Wildman–Crippen MR) is 61.3 cm³/mol. The van der Waals surface area contributed by atoms with Gasteiger partial charge in [-0.05, 0) is 18.5 Å². The van der Waals surface area contributed by atoms with Crippen LogP contribution in [0.1, 0.15) is 10.7 Å². The number of thioether (sulfide) groups is 1. The second kappa shape index (κ2) is 4.57. The van der Waals surface area contributed by atoms with Gasteiger partial charge in [-0.1, -0.05) is 23.1 Å². The van der Waals surface area contributed by atoms with E-state index in [0.29, 0.717) is 4.47 Å². The zero-order chi connectivity index (χ0) is 9.97. The van der Waals surface area contributed by atoms with Crippen LogP contribution in [0.3, 0.4) is 0 Å². The molecule has 0 aromatic carbocycles. The first-order chi connectivity index (χ1) is 6.74. The molecule has 0 radical (unpaired) electrons. The highest BCUT2D eigenvalue weighted by Gasteiger charge is 2.04. The molecule has 0 bridgehead atoms. The number of hydrogen-bond acceptors (Lipinski definition) is 6. The molecule has 2 aromatic heterocycles. The van der Waals surface area contributed by atoms with Gasteiger partial charge in [0, 0.05) is 11.1 Å². The number of thiazole rings is 1. The molecule has 2 aromatic rings. The summed E-state index contributed by atoms with van der Waals surface area (Å²) in [7, 11) is 0. The van der Waals surface area contributed by atoms with Gasteiger partial charge in [0.05, 0.1) is 5.75 Å². The Labute approximate surface area is 98.6 Å². The summed E-state index contributed by atoms with van der Waals surface area (Å²) in [5.74, 6) is 0.789. The van der Waals surface area contributed by atoms with Crippen molar-refractivity contribution in [3.05, 3.63) is 20.5 Å². The summed E-state index contributed by atoms with van der Waals surface area (Å²) in [5.41, 5.74) is 1.06. The standard InChI is InChI=1S/C7H6ClN3S3/c1-4-2-12-7(9-4)13-3-5-10-11-6(8)14-5/h2H,3H2,1H3. The first-order valence-electron chi connectivity index (χ1n) is 3.77. The minimum atomic E-state index is 0.496. The normalized spacial score (nSPS) is 10.7. The van der Waals surface area contributed by atoms with Crippen molar-refractivity contribution in [3.63, 3.8) is 0 Å². The van der Waals surface area contributed by atoms with Crippen molar-refractivity contribution in [2.24, 2.45) is 0 Å². The smallest absolute Gasteiger partial charge is 0.207 e. The van der Waals surface area contributed by atoms with Gasteiger partial charge in [0.2, 0.25) is 4.47 Å². The topological polar surface area (TPSA) is 38.7 Å². The molecule has 0 saturated heterocycles. The van der Waals surface area contributed by atoms with Crippen LogP contribution in [0.5, 0.6) is 0 Å². The van der Waals surface area contributed by atoms with Gasteiger partial charge in [-0.15, -0.1) is 21.5 Å². The van der Waals surface area contributed by atoms with Crippen molar-refractivity contribution in [3.8, 4) is 0 Å². The predicted octanol–water partition coefficient (Wildman–Crippen LogP) is 3.25. The first-order valence-corrected chi connectivity index (χ1v) is 6.83. The van der Waals surface area contributed by atoms with Crippen molar-refractivity contribution in [1.82, 2.24) is 15.2 Å². The van der Waals surface area contributed by atoms with Crippen LogP contribution in [0.4, 0.5) is 0 Å². The molecule has 3 nitrogen and oxygen atoms in total. The molecule has 0 aliphatic heterocycles. The van der Waals surface area contributed by atoms with Crippen LogP contribution in [-0.4, -0.2) is 15.2 Å². The highest BCUT2D eigenvalue weighted by Crippen LogP contribution is 2.27. The summed E-state index contributed by atoms with van der Waals surface area (Å²) in [6.45, 7) is 1.99. The number of aryl methyl sites for hydroxylation is 1. The van der Waals surface area contributed by atoms with E-state index in [0.717, 1.165) is 20.8 Å². The zero-order valence-electron chi connectivity index (χ0n) is 7.23. The molecule has 0 aliphatic rings. The Morgan fingerprint density at radius 3 is 2.93 bits per heavy atom. The van der Waals surface area contributed by atoms with Crippen molar-refractivity contribution >= 4 is 46.0 Å². The molecule has 0 spiro atoms. The molecule has 0 fully saturated rings. The molecule has 14 heavy (non-hydrogen) atoms. The maximum absolute atomic E-state index is 5.67. The van der Waals surface area contributed by atoms with Gasteiger partial charge < -0.3 is 0 Å². The number of hydrogen-bond donors (Lipinski definition) is 0. The second-order valence-corrected chi connectivity index (χ2v) is 6.22. The van der Waals surface area contributed by atoms with E-state index >= 15 is 0 Å². The third-order valence-corrected chi connectivity index (χ3v) is 4.71. The summed E-state index contributed by atoms with van der Waals surface area (Å²) in [5, 5.41) is 10.6. The first kappa shape index (κ1) is 10.4. The average Bonchev–Trinajstić information content (AvgIpc) is 2.72. The summed E-state index contributed by atoms with van der Waals surface area (Å²) in [6, 6.07) is 0. The van der Waals surface area contributed by atoms with Crippen molar-refractivity contribution in [1.29, 1.82) is 0 Å². The van der Waals surface area contributed by atoms with Crippen molar-refractivity contribution in [2.45, 2.75) is 17.0 Å². The van der Waals surface area contributed by atoms with Gasteiger partial charge in [-0.25, -0.2) is 4.98 Å². The van der Waals surface area contributed by atoms with Crippen LogP contribution in [-0.2, 0) is 5.75 Å². The molecule has 7 heteroatoms. The van der Waals surface area contributed by atoms with E-state index in [1.807, 2.05) is 12.3 Å². The Morgan fingerprint density at radius 1 is 1.50 bits per heavy atom. The van der Waals surface area contributed by atoms with Crippen LogP contribution in [0, 0.1) is 6.92 Å². The quantitative estimate of drug-likeness (QED) is 0.797. The number of nitrogens with zero attached hydrogens (tertiary/aromatic N) is 3. The SMILES string of the molecule is Cc1csc(SCc2nnc(Cl)s2)n1. The summed E-state index contributed by atoms with van der Waals surface area (Å²) in [4.78, 5) is 4.34. The molecule has 0 saturated carbocycles. The number of halogens is 1. The average molecular weight is 264 g/mol. The molecule has 0 N–H and O–H groups in total. The highest BCUT2D eigenvalue weighted by molar-refractivity contribution is 8.00. The van der Waals surface area contributed by atoms with E-state index in [4.69, 9.17) is 11.6 Å². The largest absolute Gasteiger partial charge is 0.235 e. The zero-order valence-corrected chi connectivity index (χ0v) is 10.4. The van der Waals surface area contributed by atoms with E-state index in [9.17, 15) is 0 Å². The van der Waals surface area contributed by atoms with Gasteiger partial charge >= 0.3 is 0 Å². The maximum Gasteiger partial charge on any atom is 0.207 e. The van der Waals surface area contributed by atoms with E-state index in [1.54, 1.807) is 23.1 Å². The molecular weight excluding hydrogens is 258 g/mol. The van der Waals surface area contributed by atoms with Crippen LogP contribution in [0.25, 0.3) is 0 Å². The third-order valence-electron chi connectivity index (χ3n) is 1.36. The van der Waals surface area contributed by atoms with E-state index in [2.05, 4.69) is 15.2 Å². The van der Waals surface area contributed by atoms with Crippen LogP contribution >= 0.6 is 46.0 Å². The molecule has 2 rings (SSSR count). The molecule has 74 valence electrons. The van der Waals surface area contributed by atoms with Gasteiger partial charge in [0.25, 0.3) is 0 Å². The van der Waals surface area contributed by atoms with Crippen molar-refractivity contribution in [2.75, 3.05) is 0 Å². The summed E-state index contributed by atoms with van der Waals surface area (Å²) >= 11 is 10.4. The molecule has 0 atom stereocenters. The maximum atomic E-state index is 5.67. The lowest BCUT2D eigenvalue weighted by atomic mass is 10.6. The Bertz CT molecular complexity index is 385. The van der Waals surface area contributed by atoms with Crippen molar-refractivity contribution < 1.29 is 0 Å². The molecular formula is C7H6ClN3S3. The number of rotatable bonds is 3. The molecule has 0 amide bonds. The van der Waals surface area contributed by atoms with E-state index < -0.39 is 0 Å². The molecule has 0 aliphatic carbocycles. The number of aromatic nitrogens is 3. The Kier molecular flexibility index (Phi) is 3.38. The lowest BCUT2D eigenvalue weighted by Crippen LogP contribution is -1.78. The van der Waals surface area contributed by atoms with Crippen LogP contribution < -0.4 is 0 Å².